The Morgan fingerprint density at radius 3 is 2.61 bits per heavy atom. The molecule has 0 N–H and O–H groups in total. The number of hydrogen-bond acceptors (Lipinski definition) is 4. The summed E-state index contributed by atoms with van der Waals surface area (Å²) in [4.78, 5) is 19.8. The van der Waals surface area contributed by atoms with E-state index >= 15 is 0 Å². The molecule has 4 heterocycles. The zero-order valence-corrected chi connectivity index (χ0v) is 16.9. The molecule has 7 nitrogen and oxygen atoms in total. The molecule has 0 aliphatic carbocycles. The highest BCUT2D eigenvalue weighted by atomic mass is 16.2. The number of carbonyl (C=O) groups is 1. The molecule has 3 aromatic rings. The standard InChI is InChI=1S/C21H26N6O/c1-14-8-17(18-10-22-25(3)11-18)9-20(23-14)16-6-5-7-27(12-16)21(28)19-13-26(4)24-15(19)2/h8-11,13,16H,5-7,12H2,1-4H3/t16-/m0/s1. The van der Waals surface area contributed by atoms with E-state index in [1.165, 1.54) is 0 Å². The third-order valence-corrected chi connectivity index (χ3v) is 5.38. The van der Waals surface area contributed by atoms with Crippen molar-refractivity contribution in [3.63, 3.8) is 0 Å². The molecule has 0 aromatic carbocycles. The van der Waals surface area contributed by atoms with Crippen LogP contribution in [-0.2, 0) is 14.1 Å². The van der Waals surface area contributed by atoms with Crippen molar-refractivity contribution in [1.29, 1.82) is 0 Å². The van der Waals surface area contributed by atoms with Gasteiger partial charge in [-0.3, -0.25) is 19.1 Å². The minimum Gasteiger partial charge on any atom is -0.338 e. The Morgan fingerprint density at radius 1 is 1.11 bits per heavy atom. The van der Waals surface area contributed by atoms with Gasteiger partial charge in [0.25, 0.3) is 5.91 Å². The molecule has 146 valence electrons. The number of aryl methyl sites for hydroxylation is 4. The van der Waals surface area contributed by atoms with Gasteiger partial charge in [0, 0.05) is 62.4 Å². The average Bonchev–Trinajstić information content (AvgIpc) is 3.25. The van der Waals surface area contributed by atoms with Gasteiger partial charge in [0.1, 0.15) is 0 Å². The van der Waals surface area contributed by atoms with E-state index in [1.54, 1.807) is 4.68 Å². The highest BCUT2D eigenvalue weighted by molar-refractivity contribution is 5.95. The molecule has 0 unspecified atom stereocenters. The van der Waals surface area contributed by atoms with Crippen molar-refractivity contribution in [2.45, 2.75) is 32.6 Å². The van der Waals surface area contributed by atoms with Crippen LogP contribution in [0.15, 0.2) is 30.7 Å². The van der Waals surface area contributed by atoms with Crippen LogP contribution in [0.2, 0.25) is 0 Å². The lowest BCUT2D eigenvalue weighted by molar-refractivity contribution is 0.0705. The molecule has 1 fully saturated rings. The van der Waals surface area contributed by atoms with Crippen molar-refractivity contribution in [2.24, 2.45) is 14.1 Å². The summed E-state index contributed by atoms with van der Waals surface area (Å²) in [5, 5.41) is 8.59. The van der Waals surface area contributed by atoms with Gasteiger partial charge in [-0.15, -0.1) is 0 Å². The Kier molecular flexibility index (Phi) is 4.75. The van der Waals surface area contributed by atoms with Crippen LogP contribution in [-0.4, -0.2) is 48.4 Å². The van der Waals surface area contributed by atoms with Gasteiger partial charge in [-0.1, -0.05) is 0 Å². The van der Waals surface area contributed by atoms with Gasteiger partial charge >= 0.3 is 0 Å². The van der Waals surface area contributed by atoms with E-state index < -0.39 is 0 Å². The maximum atomic E-state index is 13.0. The molecule has 28 heavy (non-hydrogen) atoms. The second-order valence-corrected chi connectivity index (χ2v) is 7.72. The number of pyridine rings is 1. The third kappa shape index (κ3) is 3.56. The number of carbonyl (C=O) groups excluding carboxylic acids is 1. The van der Waals surface area contributed by atoms with E-state index in [9.17, 15) is 4.79 Å². The van der Waals surface area contributed by atoms with E-state index in [-0.39, 0.29) is 11.8 Å². The number of amides is 1. The summed E-state index contributed by atoms with van der Waals surface area (Å²) in [7, 11) is 3.77. The molecule has 0 bridgehead atoms. The van der Waals surface area contributed by atoms with Gasteiger partial charge in [0.2, 0.25) is 0 Å². The second kappa shape index (κ2) is 7.22. The quantitative estimate of drug-likeness (QED) is 0.703. The van der Waals surface area contributed by atoms with Crippen LogP contribution in [0, 0.1) is 13.8 Å². The van der Waals surface area contributed by atoms with Gasteiger partial charge in [-0.25, -0.2) is 0 Å². The van der Waals surface area contributed by atoms with Crippen LogP contribution in [0.3, 0.4) is 0 Å². The third-order valence-electron chi connectivity index (χ3n) is 5.38. The molecule has 3 aromatic heterocycles. The van der Waals surface area contributed by atoms with Gasteiger partial charge in [0.05, 0.1) is 17.5 Å². The summed E-state index contributed by atoms with van der Waals surface area (Å²) < 4.78 is 3.51. The molecule has 1 aliphatic rings. The average molecular weight is 378 g/mol. The number of aromatic nitrogens is 5. The fourth-order valence-electron chi connectivity index (χ4n) is 4.02. The fraction of sp³-hybridized carbons (Fsp3) is 0.429. The second-order valence-electron chi connectivity index (χ2n) is 7.72. The maximum absolute atomic E-state index is 13.0. The van der Waals surface area contributed by atoms with E-state index in [1.807, 2.05) is 56.1 Å². The molecule has 1 aliphatic heterocycles. The van der Waals surface area contributed by atoms with Gasteiger partial charge in [-0.05, 0) is 44.4 Å². The first-order chi connectivity index (χ1) is 13.4. The Hall–Kier alpha value is -2.96. The van der Waals surface area contributed by atoms with Crippen LogP contribution in [0.25, 0.3) is 11.1 Å². The summed E-state index contributed by atoms with van der Waals surface area (Å²) >= 11 is 0. The predicted octanol–water partition coefficient (Wildman–Crippen LogP) is 2.85. The monoisotopic (exact) mass is 378 g/mol. The lowest BCUT2D eigenvalue weighted by Crippen LogP contribution is -2.39. The molecule has 0 spiro atoms. The van der Waals surface area contributed by atoms with Crippen LogP contribution in [0.1, 0.15) is 46.2 Å². The maximum Gasteiger partial charge on any atom is 0.257 e. The number of nitrogens with zero attached hydrogens (tertiary/aromatic N) is 6. The minimum absolute atomic E-state index is 0.0652. The molecule has 4 rings (SSSR count). The molecule has 0 saturated carbocycles. The predicted molar refractivity (Wildman–Crippen MR) is 107 cm³/mol. The summed E-state index contributed by atoms with van der Waals surface area (Å²) in [6.45, 7) is 5.38. The summed E-state index contributed by atoms with van der Waals surface area (Å²) in [5.74, 6) is 0.306. The minimum atomic E-state index is 0.0652. The van der Waals surface area contributed by atoms with Crippen molar-refractivity contribution in [3.8, 4) is 11.1 Å². The van der Waals surface area contributed by atoms with Crippen molar-refractivity contribution in [3.05, 3.63) is 53.4 Å². The summed E-state index contributed by atoms with van der Waals surface area (Å²) in [6, 6.07) is 4.24. The number of piperidine rings is 1. The topological polar surface area (TPSA) is 68.8 Å². The van der Waals surface area contributed by atoms with Gasteiger partial charge in [0.15, 0.2) is 0 Å². The highest BCUT2D eigenvalue weighted by Crippen LogP contribution is 2.30. The van der Waals surface area contributed by atoms with Crippen molar-refractivity contribution < 1.29 is 4.79 Å². The SMILES string of the molecule is Cc1cc(-c2cnn(C)c2)cc([C@H]2CCCN(C(=O)c3cn(C)nc3C)C2)n1. The summed E-state index contributed by atoms with van der Waals surface area (Å²) in [5.41, 5.74) is 5.73. The highest BCUT2D eigenvalue weighted by Gasteiger charge is 2.28. The van der Waals surface area contributed by atoms with E-state index in [0.717, 1.165) is 47.6 Å². The molecule has 1 atom stereocenters. The van der Waals surface area contributed by atoms with Gasteiger partial charge in [-0.2, -0.15) is 10.2 Å². The number of likely N-dealkylation sites (tertiary alicyclic amines) is 1. The number of rotatable bonds is 3. The zero-order valence-electron chi connectivity index (χ0n) is 16.9. The Bertz CT molecular complexity index is 1020. The van der Waals surface area contributed by atoms with E-state index in [4.69, 9.17) is 4.98 Å². The fourth-order valence-corrected chi connectivity index (χ4v) is 4.02. The van der Waals surface area contributed by atoms with Crippen molar-refractivity contribution in [2.75, 3.05) is 13.1 Å². The van der Waals surface area contributed by atoms with Crippen LogP contribution < -0.4 is 0 Å². The van der Waals surface area contributed by atoms with Crippen LogP contribution in [0.5, 0.6) is 0 Å². The molecular formula is C21H26N6O. The Labute approximate surface area is 165 Å². The molecular weight excluding hydrogens is 352 g/mol. The van der Waals surface area contributed by atoms with Crippen molar-refractivity contribution >= 4 is 5.91 Å². The zero-order chi connectivity index (χ0) is 19.8. The molecule has 7 heteroatoms. The Balaban J connectivity index is 1.59. The first-order valence-corrected chi connectivity index (χ1v) is 9.68. The van der Waals surface area contributed by atoms with E-state index in [2.05, 4.69) is 22.3 Å². The lowest BCUT2D eigenvalue weighted by atomic mass is 9.92. The van der Waals surface area contributed by atoms with Crippen molar-refractivity contribution in [1.82, 2.24) is 29.4 Å². The van der Waals surface area contributed by atoms with Gasteiger partial charge < -0.3 is 4.90 Å². The molecule has 1 amide bonds. The first-order valence-electron chi connectivity index (χ1n) is 9.68. The normalized spacial score (nSPS) is 17.1. The lowest BCUT2D eigenvalue weighted by Gasteiger charge is -2.32. The summed E-state index contributed by atoms with van der Waals surface area (Å²) in [6.07, 6.45) is 7.72. The number of hydrogen-bond donors (Lipinski definition) is 0. The van der Waals surface area contributed by atoms with Crippen LogP contribution in [0.4, 0.5) is 0 Å². The molecule has 1 saturated heterocycles. The van der Waals surface area contributed by atoms with E-state index in [0.29, 0.717) is 12.1 Å². The smallest absolute Gasteiger partial charge is 0.257 e. The first kappa shape index (κ1) is 18.4. The molecule has 0 radical (unpaired) electrons. The largest absolute Gasteiger partial charge is 0.338 e. The van der Waals surface area contributed by atoms with Crippen LogP contribution >= 0.6 is 0 Å². The Morgan fingerprint density at radius 2 is 1.93 bits per heavy atom.